The van der Waals surface area contributed by atoms with Crippen LogP contribution in [0.1, 0.15) is 38.5 Å². The van der Waals surface area contributed by atoms with Gasteiger partial charge in [0.15, 0.2) is 0 Å². The van der Waals surface area contributed by atoms with Gasteiger partial charge in [0.25, 0.3) is 0 Å². The van der Waals surface area contributed by atoms with Gasteiger partial charge in [-0.15, -0.1) is 0 Å². The Hall–Kier alpha value is -1.14. The Labute approximate surface area is 112 Å². The van der Waals surface area contributed by atoms with Crippen LogP contribution >= 0.6 is 0 Å². The minimum atomic E-state index is -1.09. The number of carboxylic acid groups (broad SMARTS) is 1. The van der Waals surface area contributed by atoms with Gasteiger partial charge in [-0.1, -0.05) is 0 Å². The minimum Gasteiger partial charge on any atom is -0.480 e. The SMILES string of the molecule is O=C(CC1CC2CCC(C1)N2)N[C@H](CCO)C(=O)O. The molecule has 2 saturated heterocycles. The molecule has 108 valence electrons. The average Bonchev–Trinajstić information content (AvgIpc) is 2.68. The van der Waals surface area contributed by atoms with Gasteiger partial charge in [-0.3, -0.25) is 4.79 Å². The van der Waals surface area contributed by atoms with Gasteiger partial charge in [0.1, 0.15) is 6.04 Å². The Morgan fingerprint density at radius 1 is 1.26 bits per heavy atom. The normalized spacial score (nSPS) is 30.9. The first-order chi connectivity index (χ1) is 9.08. The number of aliphatic hydroxyl groups is 1. The number of hydrogen-bond acceptors (Lipinski definition) is 4. The first-order valence-corrected chi connectivity index (χ1v) is 6.97. The van der Waals surface area contributed by atoms with E-state index in [1.807, 2.05) is 0 Å². The average molecular weight is 270 g/mol. The van der Waals surface area contributed by atoms with Gasteiger partial charge in [0.05, 0.1) is 0 Å². The van der Waals surface area contributed by atoms with Gasteiger partial charge >= 0.3 is 5.97 Å². The molecule has 2 unspecified atom stereocenters. The fourth-order valence-electron chi connectivity index (χ4n) is 3.24. The van der Waals surface area contributed by atoms with Gasteiger partial charge in [0, 0.05) is 31.5 Å². The lowest BCUT2D eigenvalue weighted by Gasteiger charge is -2.29. The molecule has 0 aliphatic carbocycles. The number of aliphatic hydroxyl groups excluding tert-OH is 1. The first-order valence-electron chi connectivity index (χ1n) is 6.97. The number of carboxylic acids is 1. The van der Waals surface area contributed by atoms with Gasteiger partial charge in [-0.2, -0.15) is 0 Å². The number of carbonyl (C=O) groups excluding carboxylic acids is 1. The fraction of sp³-hybridized carbons (Fsp3) is 0.846. The molecular formula is C13H22N2O4. The maximum absolute atomic E-state index is 11.9. The third kappa shape index (κ3) is 3.91. The molecule has 0 spiro atoms. The second-order valence-corrected chi connectivity index (χ2v) is 5.65. The zero-order chi connectivity index (χ0) is 13.8. The van der Waals surface area contributed by atoms with Crippen molar-refractivity contribution in [3.63, 3.8) is 0 Å². The van der Waals surface area contributed by atoms with Gasteiger partial charge < -0.3 is 20.8 Å². The van der Waals surface area contributed by atoms with E-state index in [-0.39, 0.29) is 18.9 Å². The van der Waals surface area contributed by atoms with Crippen LogP contribution in [0.15, 0.2) is 0 Å². The van der Waals surface area contributed by atoms with E-state index < -0.39 is 12.0 Å². The number of fused-ring (bicyclic) bond motifs is 2. The summed E-state index contributed by atoms with van der Waals surface area (Å²) in [5.41, 5.74) is 0. The van der Waals surface area contributed by atoms with Crippen LogP contribution in [0, 0.1) is 5.92 Å². The van der Waals surface area contributed by atoms with Crippen LogP contribution in [-0.4, -0.2) is 46.8 Å². The predicted octanol–water partition coefficient (Wildman–Crippen LogP) is -0.141. The van der Waals surface area contributed by atoms with Crippen molar-refractivity contribution < 1.29 is 19.8 Å². The highest BCUT2D eigenvalue weighted by molar-refractivity contribution is 5.83. The third-order valence-corrected chi connectivity index (χ3v) is 4.10. The number of piperidine rings is 1. The van der Waals surface area contributed by atoms with E-state index in [4.69, 9.17) is 10.2 Å². The van der Waals surface area contributed by atoms with E-state index in [0.29, 0.717) is 24.4 Å². The summed E-state index contributed by atoms with van der Waals surface area (Å²) >= 11 is 0. The van der Waals surface area contributed by atoms with Crippen molar-refractivity contribution in [3.8, 4) is 0 Å². The lowest BCUT2D eigenvalue weighted by atomic mass is 9.89. The molecule has 0 radical (unpaired) electrons. The molecule has 3 atom stereocenters. The molecule has 0 aromatic carbocycles. The minimum absolute atomic E-state index is 0.0541. The van der Waals surface area contributed by atoms with Gasteiger partial charge in [-0.25, -0.2) is 4.79 Å². The molecule has 0 aromatic heterocycles. The molecule has 6 nitrogen and oxygen atoms in total. The number of carbonyl (C=O) groups is 2. The molecule has 2 fully saturated rings. The van der Waals surface area contributed by atoms with Crippen molar-refractivity contribution in [1.82, 2.24) is 10.6 Å². The lowest BCUT2D eigenvalue weighted by Crippen LogP contribution is -2.44. The number of hydrogen-bond donors (Lipinski definition) is 4. The summed E-state index contributed by atoms with van der Waals surface area (Å²) in [6.45, 7) is -0.241. The zero-order valence-electron chi connectivity index (χ0n) is 11.0. The van der Waals surface area contributed by atoms with E-state index in [1.165, 1.54) is 12.8 Å². The van der Waals surface area contributed by atoms with E-state index in [2.05, 4.69) is 10.6 Å². The maximum Gasteiger partial charge on any atom is 0.326 e. The van der Waals surface area contributed by atoms with Crippen molar-refractivity contribution >= 4 is 11.9 Å². The largest absolute Gasteiger partial charge is 0.480 e. The van der Waals surface area contributed by atoms with Crippen molar-refractivity contribution in [2.24, 2.45) is 5.92 Å². The van der Waals surface area contributed by atoms with E-state index >= 15 is 0 Å². The van der Waals surface area contributed by atoms with Gasteiger partial charge in [-0.05, 0) is 31.6 Å². The summed E-state index contributed by atoms with van der Waals surface area (Å²) in [7, 11) is 0. The molecule has 4 N–H and O–H groups in total. The summed E-state index contributed by atoms with van der Waals surface area (Å²) in [5, 5.41) is 23.7. The van der Waals surface area contributed by atoms with Crippen molar-refractivity contribution in [3.05, 3.63) is 0 Å². The van der Waals surface area contributed by atoms with Crippen molar-refractivity contribution in [2.75, 3.05) is 6.61 Å². The molecule has 6 heteroatoms. The second kappa shape index (κ2) is 6.34. The Bertz CT molecular complexity index is 336. The molecule has 1 amide bonds. The van der Waals surface area contributed by atoms with Crippen molar-refractivity contribution in [1.29, 1.82) is 0 Å². The Kier molecular flexibility index (Phi) is 4.76. The Morgan fingerprint density at radius 2 is 1.89 bits per heavy atom. The number of rotatable bonds is 6. The third-order valence-electron chi connectivity index (χ3n) is 4.10. The highest BCUT2D eigenvalue weighted by Crippen LogP contribution is 2.32. The van der Waals surface area contributed by atoms with Crippen LogP contribution in [0.25, 0.3) is 0 Å². The standard InChI is InChI=1S/C13H22N2O4/c16-4-3-11(13(18)19)15-12(17)7-8-5-9-1-2-10(6-8)14-9/h8-11,14,16H,1-7H2,(H,15,17)(H,18,19)/t8?,9?,10?,11-/m1/s1. The quantitative estimate of drug-likeness (QED) is 0.538. The molecule has 2 aliphatic heterocycles. The summed E-state index contributed by atoms with van der Waals surface area (Å²) in [5.74, 6) is -0.956. The predicted molar refractivity (Wildman–Crippen MR) is 68.6 cm³/mol. The molecule has 2 bridgehead atoms. The van der Waals surface area contributed by atoms with Crippen molar-refractivity contribution in [2.45, 2.75) is 56.7 Å². The second-order valence-electron chi connectivity index (χ2n) is 5.65. The smallest absolute Gasteiger partial charge is 0.326 e. The van der Waals surface area contributed by atoms with E-state index in [1.54, 1.807) is 0 Å². The molecule has 2 aliphatic rings. The molecule has 0 saturated carbocycles. The van der Waals surface area contributed by atoms with Crippen LogP contribution in [0.2, 0.25) is 0 Å². The summed E-state index contributed by atoms with van der Waals surface area (Å²) in [6, 6.07) is 0.0875. The van der Waals surface area contributed by atoms with E-state index in [0.717, 1.165) is 12.8 Å². The molecular weight excluding hydrogens is 248 g/mol. The Morgan fingerprint density at radius 3 is 2.42 bits per heavy atom. The van der Waals surface area contributed by atoms with Gasteiger partial charge in [0.2, 0.25) is 5.91 Å². The number of amides is 1. The molecule has 19 heavy (non-hydrogen) atoms. The molecule has 2 rings (SSSR count). The fourth-order valence-corrected chi connectivity index (χ4v) is 3.24. The molecule has 0 aromatic rings. The summed E-state index contributed by atoms with van der Waals surface area (Å²) < 4.78 is 0. The number of nitrogens with one attached hydrogen (secondary N) is 2. The highest BCUT2D eigenvalue weighted by Gasteiger charge is 2.34. The Balaban J connectivity index is 1.78. The van der Waals surface area contributed by atoms with Crippen LogP contribution in [0.5, 0.6) is 0 Å². The summed E-state index contributed by atoms with van der Waals surface area (Å²) in [4.78, 5) is 22.8. The van der Waals surface area contributed by atoms with Crippen LogP contribution in [-0.2, 0) is 9.59 Å². The first kappa shape index (κ1) is 14.3. The highest BCUT2D eigenvalue weighted by atomic mass is 16.4. The van der Waals surface area contributed by atoms with Crippen LogP contribution in [0.3, 0.4) is 0 Å². The van der Waals surface area contributed by atoms with Crippen LogP contribution in [0.4, 0.5) is 0 Å². The topological polar surface area (TPSA) is 98.7 Å². The zero-order valence-corrected chi connectivity index (χ0v) is 11.0. The summed E-state index contributed by atoms with van der Waals surface area (Å²) in [6.07, 6.45) is 4.82. The number of aliphatic carboxylic acids is 1. The van der Waals surface area contributed by atoms with E-state index in [9.17, 15) is 9.59 Å². The molecule has 2 heterocycles. The van der Waals surface area contributed by atoms with Crippen LogP contribution < -0.4 is 10.6 Å². The monoisotopic (exact) mass is 270 g/mol. The maximum atomic E-state index is 11.9. The lowest BCUT2D eigenvalue weighted by molar-refractivity contribution is -0.142.